The van der Waals surface area contributed by atoms with Crippen LogP contribution >= 0.6 is 0 Å². The maximum atomic E-state index is 6.62. The van der Waals surface area contributed by atoms with Crippen molar-refractivity contribution in [1.29, 1.82) is 0 Å². The highest BCUT2D eigenvalue weighted by Crippen LogP contribution is 2.52. The summed E-state index contributed by atoms with van der Waals surface area (Å²) in [5.74, 6) is 1.77. The largest absolute Gasteiger partial charge is 0.453 e. The molecule has 0 bridgehead atoms. The van der Waals surface area contributed by atoms with Crippen LogP contribution in [0.15, 0.2) is 152 Å². The van der Waals surface area contributed by atoms with E-state index in [9.17, 15) is 0 Å². The maximum Gasteiger partial charge on any atom is 0.247 e. The average Bonchev–Trinajstić information content (AvgIpc) is 3.63. The Morgan fingerprint density at radius 1 is 0.457 bits per heavy atom. The van der Waals surface area contributed by atoms with Crippen LogP contribution in [0, 0.1) is 0 Å². The van der Waals surface area contributed by atoms with Gasteiger partial charge in [0, 0.05) is 27.2 Å². The van der Waals surface area contributed by atoms with Gasteiger partial charge in [0.05, 0.1) is 27.9 Å². The highest BCUT2D eigenvalue weighted by Gasteiger charge is 2.41. The van der Waals surface area contributed by atoms with Crippen molar-refractivity contribution in [3.63, 3.8) is 0 Å². The summed E-state index contributed by atoms with van der Waals surface area (Å²) in [7, 11) is 0. The van der Waals surface area contributed by atoms with Gasteiger partial charge in [-0.2, -0.15) is 0 Å². The molecule has 0 fully saturated rings. The standard InChI is InChI=1S/C42H25BN2O/c1-2-12-26(13-3-1)27-14-4-6-18-32(27)43-33-19-11-23-40-42(33)45(36-21-8-9-22-39(36)46-40)38-24-31-30-17-10-16-29-28-15-5-7-20-35(28)44(41(29)30)37(31)25-34(38)43/h1-25H. The minimum atomic E-state index is -0.00204. The van der Waals surface area contributed by atoms with Crippen LogP contribution in [0.4, 0.5) is 17.1 Å². The normalized spacial score (nSPS) is 13.3. The fourth-order valence-corrected chi connectivity index (χ4v) is 8.35. The van der Waals surface area contributed by atoms with Gasteiger partial charge in [0.15, 0.2) is 11.5 Å². The topological polar surface area (TPSA) is 16.9 Å². The summed E-state index contributed by atoms with van der Waals surface area (Å²) in [5, 5.41) is 5.15. The van der Waals surface area contributed by atoms with Crippen molar-refractivity contribution in [3.8, 4) is 22.6 Å². The second kappa shape index (κ2) is 8.80. The van der Waals surface area contributed by atoms with E-state index in [-0.39, 0.29) is 6.71 Å². The second-order valence-electron chi connectivity index (χ2n) is 12.5. The Morgan fingerprint density at radius 2 is 1.15 bits per heavy atom. The molecule has 46 heavy (non-hydrogen) atoms. The molecule has 11 rings (SSSR count). The zero-order valence-electron chi connectivity index (χ0n) is 24.8. The number of ether oxygens (including phenoxy) is 1. The Morgan fingerprint density at radius 3 is 2.09 bits per heavy atom. The van der Waals surface area contributed by atoms with Crippen LogP contribution in [0.5, 0.6) is 11.5 Å². The number of aromatic nitrogens is 1. The number of hydrogen-bond acceptors (Lipinski definition) is 2. The fourth-order valence-electron chi connectivity index (χ4n) is 8.35. The third-order valence-electron chi connectivity index (χ3n) is 10.2. The molecular formula is C42H25BN2O. The minimum absolute atomic E-state index is 0.00204. The van der Waals surface area contributed by atoms with Gasteiger partial charge in [-0.3, -0.25) is 0 Å². The lowest BCUT2D eigenvalue weighted by Gasteiger charge is -2.41. The van der Waals surface area contributed by atoms with Crippen molar-refractivity contribution in [2.75, 3.05) is 4.90 Å². The number of nitrogens with zero attached hydrogens (tertiary/aromatic N) is 2. The van der Waals surface area contributed by atoms with Gasteiger partial charge in [0.25, 0.3) is 0 Å². The van der Waals surface area contributed by atoms with Crippen molar-refractivity contribution in [2.45, 2.75) is 0 Å². The summed E-state index contributed by atoms with van der Waals surface area (Å²) in [5.41, 5.74) is 13.5. The summed E-state index contributed by atoms with van der Waals surface area (Å²) >= 11 is 0. The molecule has 4 heteroatoms. The van der Waals surface area contributed by atoms with Crippen LogP contribution in [0.2, 0.25) is 0 Å². The summed E-state index contributed by atoms with van der Waals surface area (Å²) in [6.07, 6.45) is 0. The van der Waals surface area contributed by atoms with E-state index in [0.29, 0.717) is 0 Å². The number of benzene rings is 7. The summed E-state index contributed by atoms with van der Waals surface area (Å²) in [6, 6.07) is 55.2. The summed E-state index contributed by atoms with van der Waals surface area (Å²) in [4.78, 5) is 2.45. The monoisotopic (exact) mass is 584 g/mol. The van der Waals surface area contributed by atoms with Crippen LogP contribution in [-0.2, 0) is 0 Å². The van der Waals surface area contributed by atoms with E-state index in [1.54, 1.807) is 0 Å². The number of hydrogen-bond donors (Lipinski definition) is 0. The third-order valence-corrected chi connectivity index (χ3v) is 10.2. The number of anilines is 3. The highest BCUT2D eigenvalue weighted by molar-refractivity contribution is 6.99. The first-order chi connectivity index (χ1) is 22.8. The molecule has 0 saturated carbocycles. The molecule has 9 aromatic rings. The Labute approximate surface area is 265 Å². The van der Waals surface area contributed by atoms with Gasteiger partial charge in [0.1, 0.15) is 0 Å². The quantitative estimate of drug-likeness (QED) is 0.189. The second-order valence-corrected chi connectivity index (χ2v) is 12.5. The molecule has 0 atom stereocenters. The third kappa shape index (κ3) is 3.03. The fraction of sp³-hybridized carbons (Fsp3) is 0. The van der Waals surface area contributed by atoms with Crippen molar-refractivity contribution in [2.24, 2.45) is 0 Å². The molecule has 0 spiro atoms. The zero-order chi connectivity index (χ0) is 29.9. The SMILES string of the molecule is c1ccc(-c2ccccc2B2c3cc4c(cc3N3c5ccccc5Oc5cccc2c53)c2cccc3c5ccccc5n4c32)cc1. The van der Waals surface area contributed by atoms with Gasteiger partial charge in [-0.25, -0.2) is 0 Å². The minimum Gasteiger partial charge on any atom is -0.453 e. The molecule has 2 aliphatic heterocycles. The van der Waals surface area contributed by atoms with Crippen LogP contribution in [0.3, 0.4) is 0 Å². The van der Waals surface area contributed by atoms with Gasteiger partial charge in [0.2, 0.25) is 6.71 Å². The van der Waals surface area contributed by atoms with Crippen LogP contribution in [0.1, 0.15) is 0 Å². The molecule has 7 aromatic carbocycles. The first kappa shape index (κ1) is 24.3. The van der Waals surface area contributed by atoms with E-state index in [2.05, 4.69) is 161 Å². The van der Waals surface area contributed by atoms with Crippen molar-refractivity contribution in [3.05, 3.63) is 152 Å². The lowest BCUT2D eigenvalue weighted by Crippen LogP contribution is -2.58. The molecule has 0 aliphatic carbocycles. The van der Waals surface area contributed by atoms with E-state index < -0.39 is 0 Å². The lowest BCUT2D eigenvalue weighted by molar-refractivity contribution is 0.477. The van der Waals surface area contributed by atoms with E-state index in [1.807, 2.05) is 0 Å². The Bertz CT molecular complexity index is 2690. The Hall–Kier alpha value is -6.00. The first-order valence-electron chi connectivity index (χ1n) is 15.9. The first-order valence-corrected chi connectivity index (χ1v) is 15.9. The number of para-hydroxylation sites is 5. The molecule has 2 aromatic heterocycles. The van der Waals surface area contributed by atoms with E-state index in [4.69, 9.17) is 4.74 Å². The predicted molar refractivity (Wildman–Crippen MR) is 192 cm³/mol. The van der Waals surface area contributed by atoms with E-state index >= 15 is 0 Å². The zero-order valence-corrected chi connectivity index (χ0v) is 24.8. The van der Waals surface area contributed by atoms with Crippen molar-refractivity contribution < 1.29 is 4.74 Å². The molecule has 0 amide bonds. The van der Waals surface area contributed by atoms with Gasteiger partial charge in [-0.1, -0.05) is 121 Å². The van der Waals surface area contributed by atoms with Crippen LogP contribution < -0.4 is 26.0 Å². The Balaban J connectivity index is 1.31. The maximum absolute atomic E-state index is 6.62. The summed E-state index contributed by atoms with van der Waals surface area (Å²) in [6.45, 7) is -0.00204. The molecule has 212 valence electrons. The highest BCUT2D eigenvalue weighted by atomic mass is 16.5. The van der Waals surface area contributed by atoms with Gasteiger partial charge >= 0.3 is 0 Å². The molecule has 0 unspecified atom stereocenters. The molecular weight excluding hydrogens is 559 g/mol. The number of fused-ring (bicyclic) bond motifs is 10. The van der Waals surface area contributed by atoms with E-state index in [0.717, 1.165) is 22.9 Å². The van der Waals surface area contributed by atoms with Gasteiger partial charge in [-0.05, 0) is 58.5 Å². The Kier molecular flexibility index (Phi) is 4.66. The molecule has 0 radical (unpaired) electrons. The predicted octanol–water partition coefficient (Wildman–Crippen LogP) is 8.91. The van der Waals surface area contributed by atoms with Crippen molar-refractivity contribution in [1.82, 2.24) is 4.40 Å². The molecule has 0 saturated heterocycles. The molecule has 4 heterocycles. The van der Waals surface area contributed by atoms with Crippen LogP contribution in [0.25, 0.3) is 49.2 Å². The molecule has 2 aliphatic rings. The smallest absolute Gasteiger partial charge is 0.247 e. The van der Waals surface area contributed by atoms with E-state index in [1.165, 1.54) is 71.3 Å². The lowest BCUT2D eigenvalue weighted by atomic mass is 9.34. The van der Waals surface area contributed by atoms with Gasteiger partial charge in [-0.15, -0.1) is 0 Å². The van der Waals surface area contributed by atoms with Crippen molar-refractivity contribution >= 4 is 78.3 Å². The number of rotatable bonds is 2. The summed E-state index contributed by atoms with van der Waals surface area (Å²) < 4.78 is 9.11. The molecule has 3 nitrogen and oxygen atoms in total. The average molecular weight is 584 g/mol. The molecule has 0 N–H and O–H groups in total. The van der Waals surface area contributed by atoms with Crippen LogP contribution in [-0.4, -0.2) is 11.1 Å². The van der Waals surface area contributed by atoms with Gasteiger partial charge < -0.3 is 14.0 Å².